The number of piperazine rings is 1. The number of amides is 3. The third kappa shape index (κ3) is 7.39. The Morgan fingerprint density at radius 3 is 2.59 bits per heavy atom. The number of carbonyl (C=O) groups is 3. The summed E-state index contributed by atoms with van der Waals surface area (Å²) in [6, 6.07) is 15.5. The molecule has 2 aromatic carbocycles. The van der Waals surface area contributed by atoms with Gasteiger partial charge >= 0.3 is 0 Å². The van der Waals surface area contributed by atoms with Crippen LogP contribution in [0, 0.1) is 0 Å². The number of likely N-dealkylation sites (N-methyl/N-ethyl adjacent to an activating group) is 2. The third-order valence-corrected chi connectivity index (χ3v) is 7.65. The minimum atomic E-state index is -0.764. The van der Waals surface area contributed by atoms with E-state index in [9.17, 15) is 19.5 Å². The summed E-state index contributed by atoms with van der Waals surface area (Å²) in [7, 11) is 3.62. The Morgan fingerprint density at radius 1 is 1.14 bits per heavy atom. The summed E-state index contributed by atoms with van der Waals surface area (Å²) in [6.07, 6.45) is 10.0. The molecule has 0 bridgehead atoms. The Labute approximate surface area is 258 Å². The molecule has 230 valence electrons. The van der Waals surface area contributed by atoms with Gasteiger partial charge in [0.15, 0.2) is 0 Å². The summed E-state index contributed by atoms with van der Waals surface area (Å²) < 4.78 is 0. The van der Waals surface area contributed by atoms with Gasteiger partial charge in [-0.3, -0.25) is 24.4 Å². The van der Waals surface area contributed by atoms with Crippen molar-refractivity contribution in [1.29, 1.82) is 0 Å². The highest BCUT2D eigenvalue weighted by Crippen LogP contribution is 2.29. The second-order valence-electron chi connectivity index (χ2n) is 10.7. The van der Waals surface area contributed by atoms with Crippen molar-refractivity contribution >= 4 is 29.1 Å². The molecule has 2 aliphatic rings. The quantitative estimate of drug-likeness (QED) is 0.288. The lowest BCUT2D eigenvalue weighted by molar-refractivity contribution is -0.196. The summed E-state index contributed by atoms with van der Waals surface area (Å²) in [5.74, 6) is -0.240. The number of hydrazine groups is 1. The molecule has 1 unspecified atom stereocenters. The van der Waals surface area contributed by atoms with Crippen molar-refractivity contribution in [2.45, 2.75) is 32.1 Å². The standard InChI is InChI=1S/C25H25N5O4.C9H15N/c1-27-15-24(33)30-22(12-17-7-9-19(32)10-8-17)25(34)28(14-23(30)29(27)16-31)13-18-4-2-6-21-20(18)5-3-11-26-21;1-4-6-9(7-5-2)8-10-3/h2-11,16,22-23,32H,12-15H2,1H3;4-7,10H,1,8H2,2-3H3/b;7-5-,9-6+/t22-,23?;/m0./s1. The molecule has 0 saturated carbocycles. The normalized spacial score (nSPS) is 19.2. The van der Waals surface area contributed by atoms with Gasteiger partial charge in [-0.25, -0.2) is 5.01 Å². The minimum Gasteiger partial charge on any atom is -0.508 e. The molecule has 0 radical (unpaired) electrons. The van der Waals surface area contributed by atoms with Crippen LogP contribution in [0.15, 0.2) is 97.3 Å². The van der Waals surface area contributed by atoms with Gasteiger partial charge in [0.25, 0.3) is 0 Å². The first-order valence-electron chi connectivity index (χ1n) is 14.5. The van der Waals surface area contributed by atoms with Crippen LogP contribution in [0.3, 0.4) is 0 Å². The van der Waals surface area contributed by atoms with Crippen LogP contribution < -0.4 is 5.32 Å². The van der Waals surface area contributed by atoms with Crippen LogP contribution in [0.25, 0.3) is 10.9 Å². The zero-order chi connectivity index (χ0) is 31.6. The smallest absolute Gasteiger partial charge is 0.246 e. The molecule has 10 heteroatoms. The second kappa shape index (κ2) is 15.1. The van der Waals surface area contributed by atoms with Gasteiger partial charge in [-0.2, -0.15) is 0 Å². The van der Waals surface area contributed by atoms with E-state index < -0.39 is 12.2 Å². The van der Waals surface area contributed by atoms with E-state index in [1.54, 1.807) is 58.4 Å². The fourth-order valence-electron chi connectivity index (χ4n) is 5.64. The first kappa shape index (κ1) is 32.1. The lowest BCUT2D eigenvalue weighted by atomic mass is 9.98. The zero-order valence-electron chi connectivity index (χ0n) is 25.5. The number of carbonyl (C=O) groups excluding carboxylic acids is 3. The molecule has 2 atom stereocenters. The van der Waals surface area contributed by atoms with E-state index >= 15 is 0 Å². The Kier molecular flexibility index (Phi) is 11.0. The van der Waals surface area contributed by atoms with Crippen molar-refractivity contribution in [3.63, 3.8) is 0 Å². The van der Waals surface area contributed by atoms with Gasteiger partial charge in [0, 0.05) is 38.1 Å². The molecule has 3 amide bonds. The number of phenolic OH excluding ortho intramolecular Hbond substituents is 1. The molecule has 1 aromatic heterocycles. The molecular weight excluding hydrogens is 556 g/mol. The van der Waals surface area contributed by atoms with Crippen LogP contribution >= 0.6 is 0 Å². The van der Waals surface area contributed by atoms with E-state index in [0.29, 0.717) is 13.0 Å². The maximum absolute atomic E-state index is 13.8. The van der Waals surface area contributed by atoms with Crippen molar-refractivity contribution in [2.75, 3.05) is 33.7 Å². The van der Waals surface area contributed by atoms with E-state index in [-0.39, 0.29) is 37.1 Å². The highest BCUT2D eigenvalue weighted by atomic mass is 16.3. The molecule has 2 aliphatic heterocycles. The van der Waals surface area contributed by atoms with E-state index in [2.05, 4.69) is 23.0 Å². The van der Waals surface area contributed by atoms with Crippen molar-refractivity contribution in [1.82, 2.24) is 30.1 Å². The molecule has 3 heterocycles. The SMILES string of the molecule is C=C/C=C(\C=C/C)CNC.CN1CC(=O)N2C(CN(Cc3cccc4ncccc34)C(=O)[C@@H]2Cc2ccc(O)cc2)N1C=O. The fraction of sp³-hybridized carbons (Fsp3) is 0.294. The summed E-state index contributed by atoms with van der Waals surface area (Å²) in [4.78, 5) is 46.5. The Balaban J connectivity index is 0.000000382. The highest BCUT2D eigenvalue weighted by Gasteiger charge is 2.49. The van der Waals surface area contributed by atoms with Gasteiger partial charge in [-0.15, -0.1) is 0 Å². The number of fused-ring (bicyclic) bond motifs is 2. The predicted molar refractivity (Wildman–Crippen MR) is 171 cm³/mol. The largest absolute Gasteiger partial charge is 0.508 e. The number of pyridine rings is 1. The summed E-state index contributed by atoms with van der Waals surface area (Å²) in [5.41, 5.74) is 3.85. The number of aromatic hydroxyl groups is 1. The number of hydrogen-bond donors (Lipinski definition) is 2. The zero-order valence-corrected chi connectivity index (χ0v) is 25.5. The number of nitrogens with zero attached hydrogens (tertiary/aromatic N) is 5. The van der Waals surface area contributed by atoms with Crippen LogP contribution in [0.2, 0.25) is 0 Å². The molecule has 0 aliphatic carbocycles. The molecule has 2 fully saturated rings. The molecule has 5 rings (SSSR count). The fourth-order valence-corrected chi connectivity index (χ4v) is 5.64. The molecule has 10 nitrogen and oxygen atoms in total. The topological polar surface area (TPSA) is 109 Å². The first-order valence-corrected chi connectivity index (χ1v) is 14.5. The maximum Gasteiger partial charge on any atom is 0.246 e. The average molecular weight is 597 g/mol. The average Bonchev–Trinajstić information content (AvgIpc) is 3.01. The summed E-state index contributed by atoms with van der Waals surface area (Å²) >= 11 is 0. The number of aromatic nitrogens is 1. The Morgan fingerprint density at radius 2 is 1.91 bits per heavy atom. The van der Waals surface area contributed by atoms with Gasteiger partial charge in [0.1, 0.15) is 18.0 Å². The Bertz CT molecular complexity index is 1530. The van der Waals surface area contributed by atoms with Crippen LogP contribution in [-0.2, 0) is 27.3 Å². The second-order valence-corrected chi connectivity index (χ2v) is 10.7. The van der Waals surface area contributed by atoms with Crippen molar-refractivity contribution in [2.24, 2.45) is 0 Å². The van der Waals surface area contributed by atoms with Crippen molar-refractivity contribution in [3.05, 3.63) is 108 Å². The number of phenols is 1. The van der Waals surface area contributed by atoms with Gasteiger partial charge in [0.2, 0.25) is 18.2 Å². The van der Waals surface area contributed by atoms with Gasteiger partial charge < -0.3 is 20.2 Å². The summed E-state index contributed by atoms with van der Waals surface area (Å²) in [5, 5.41) is 16.7. The molecule has 3 aromatic rings. The Hall–Kier alpha value is -4.80. The van der Waals surface area contributed by atoms with Crippen LogP contribution in [0.5, 0.6) is 5.75 Å². The minimum absolute atomic E-state index is 0.0175. The number of rotatable bonds is 9. The highest BCUT2D eigenvalue weighted by molar-refractivity contribution is 5.91. The van der Waals surface area contributed by atoms with E-state index in [1.165, 1.54) is 10.6 Å². The number of nitrogens with one attached hydrogen (secondary N) is 1. The van der Waals surface area contributed by atoms with Gasteiger partial charge in [-0.05, 0) is 54.9 Å². The molecule has 2 saturated heterocycles. The first-order chi connectivity index (χ1) is 21.3. The van der Waals surface area contributed by atoms with E-state index in [0.717, 1.165) is 28.6 Å². The molecular formula is C34H40N6O4. The summed E-state index contributed by atoms with van der Waals surface area (Å²) in [6.45, 7) is 7.09. The molecule has 0 spiro atoms. The van der Waals surface area contributed by atoms with Gasteiger partial charge in [0.05, 0.1) is 18.6 Å². The van der Waals surface area contributed by atoms with Crippen LogP contribution in [-0.4, -0.2) is 94.1 Å². The van der Waals surface area contributed by atoms with Crippen molar-refractivity contribution in [3.8, 4) is 5.75 Å². The number of allylic oxidation sites excluding steroid dienone is 3. The number of benzene rings is 2. The van der Waals surface area contributed by atoms with Crippen LogP contribution in [0.4, 0.5) is 0 Å². The third-order valence-electron chi connectivity index (χ3n) is 7.65. The van der Waals surface area contributed by atoms with Gasteiger partial charge in [-0.1, -0.05) is 61.2 Å². The lowest BCUT2D eigenvalue weighted by Gasteiger charge is -2.53. The number of hydrogen-bond acceptors (Lipinski definition) is 7. The van der Waals surface area contributed by atoms with E-state index in [4.69, 9.17) is 0 Å². The van der Waals surface area contributed by atoms with Crippen LogP contribution in [0.1, 0.15) is 18.1 Å². The van der Waals surface area contributed by atoms with E-state index in [1.807, 2.05) is 56.5 Å². The van der Waals surface area contributed by atoms with Crippen molar-refractivity contribution < 1.29 is 19.5 Å². The monoisotopic (exact) mass is 596 g/mol. The molecule has 44 heavy (non-hydrogen) atoms. The predicted octanol–water partition coefficient (Wildman–Crippen LogP) is 3.26. The lowest BCUT2D eigenvalue weighted by Crippen LogP contribution is -2.74. The molecule has 2 N–H and O–H groups in total. The maximum atomic E-state index is 13.8.